The molecular formula is C20H15N3O4S. The van der Waals surface area contributed by atoms with E-state index < -0.39 is 5.63 Å². The molecule has 0 amide bonds. The van der Waals surface area contributed by atoms with Gasteiger partial charge in [-0.05, 0) is 24.3 Å². The van der Waals surface area contributed by atoms with Gasteiger partial charge in [0.2, 0.25) is 5.13 Å². The van der Waals surface area contributed by atoms with Crippen LogP contribution in [0, 0.1) is 0 Å². The van der Waals surface area contributed by atoms with Gasteiger partial charge >= 0.3 is 5.63 Å². The molecule has 7 nitrogen and oxygen atoms in total. The van der Waals surface area contributed by atoms with Gasteiger partial charge in [-0.25, -0.2) is 9.78 Å². The zero-order valence-electron chi connectivity index (χ0n) is 14.7. The number of para-hydroxylation sites is 1. The van der Waals surface area contributed by atoms with Crippen molar-refractivity contribution in [3.8, 4) is 22.8 Å². The molecular weight excluding hydrogens is 378 g/mol. The minimum atomic E-state index is -0.442. The Hall–Kier alpha value is -3.65. The number of hydrogen-bond donors (Lipinski definition) is 2. The number of fused-ring (bicyclic) bond motifs is 1. The van der Waals surface area contributed by atoms with Crippen LogP contribution in [0.3, 0.4) is 0 Å². The number of hydrazone groups is 1. The van der Waals surface area contributed by atoms with E-state index in [0.29, 0.717) is 33.3 Å². The Morgan fingerprint density at radius 3 is 2.93 bits per heavy atom. The fraction of sp³-hybridized carbons (Fsp3) is 0.0500. The predicted molar refractivity (Wildman–Crippen MR) is 109 cm³/mol. The molecule has 0 spiro atoms. The van der Waals surface area contributed by atoms with Crippen LogP contribution in [-0.4, -0.2) is 23.4 Å². The molecule has 2 aromatic carbocycles. The Bertz CT molecular complexity index is 1230. The highest BCUT2D eigenvalue weighted by Gasteiger charge is 2.11. The summed E-state index contributed by atoms with van der Waals surface area (Å²) in [5.41, 5.74) is 4.32. The van der Waals surface area contributed by atoms with Crippen molar-refractivity contribution in [3.63, 3.8) is 0 Å². The fourth-order valence-corrected chi connectivity index (χ4v) is 3.27. The van der Waals surface area contributed by atoms with Crippen molar-refractivity contribution in [2.45, 2.75) is 0 Å². The van der Waals surface area contributed by atoms with Crippen LogP contribution in [0.1, 0.15) is 5.56 Å². The lowest BCUT2D eigenvalue weighted by molar-refractivity contribution is 0.407. The number of thiazole rings is 1. The van der Waals surface area contributed by atoms with E-state index in [1.165, 1.54) is 30.7 Å². The number of aromatic hydroxyl groups is 1. The Labute approximate surface area is 163 Å². The van der Waals surface area contributed by atoms with Crippen LogP contribution in [0.5, 0.6) is 11.5 Å². The average molecular weight is 393 g/mol. The van der Waals surface area contributed by atoms with Gasteiger partial charge in [-0.1, -0.05) is 18.2 Å². The number of aromatic nitrogens is 1. The first-order valence-corrected chi connectivity index (χ1v) is 9.17. The number of ether oxygens (including phenoxy) is 1. The van der Waals surface area contributed by atoms with Crippen LogP contribution in [0.25, 0.3) is 22.2 Å². The summed E-state index contributed by atoms with van der Waals surface area (Å²) in [5.74, 6) is 0.611. The van der Waals surface area contributed by atoms with Crippen LogP contribution in [0.4, 0.5) is 5.13 Å². The van der Waals surface area contributed by atoms with E-state index in [1.807, 2.05) is 18.2 Å². The molecule has 140 valence electrons. The Morgan fingerprint density at radius 1 is 1.25 bits per heavy atom. The molecule has 28 heavy (non-hydrogen) atoms. The summed E-state index contributed by atoms with van der Waals surface area (Å²) in [4.78, 5) is 16.6. The second kappa shape index (κ2) is 7.53. The topological polar surface area (TPSA) is 97.0 Å². The van der Waals surface area contributed by atoms with Gasteiger partial charge in [0.1, 0.15) is 17.1 Å². The zero-order valence-corrected chi connectivity index (χ0v) is 15.6. The first kappa shape index (κ1) is 17.7. The smallest absolute Gasteiger partial charge is 0.345 e. The monoisotopic (exact) mass is 393 g/mol. The third-order valence-corrected chi connectivity index (χ3v) is 4.77. The fourth-order valence-electron chi connectivity index (χ4n) is 2.61. The van der Waals surface area contributed by atoms with Crippen LogP contribution < -0.4 is 15.8 Å². The Balaban J connectivity index is 1.54. The zero-order chi connectivity index (χ0) is 19.5. The SMILES string of the molecule is COc1ccc(/C=N/Nc2nc(-c3cc4ccccc4oc3=O)cs2)c(O)c1. The first-order chi connectivity index (χ1) is 13.6. The Morgan fingerprint density at radius 2 is 2.11 bits per heavy atom. The number of phenols is 1. The van der Waals surface area contributed by atoms with Gasteiger partial charge in [0.15, 0.2) is 0 Å². The summed E-state index contributed by atoms with van der Waals surface area (Å²) in [7, 11) is 1.53. The highest BCUT2D eigenvalue weighted by Crippen LogP contribution is 2.25. The van der Waals surface area contributed by atoms with Gasteiger partial charge in [0, 0.05) is 22.4 Å². The van der Waals surface area contributed by atoms with E-state index in [2.05, 4.69) is 15.5 Å². The number of methoxy groups -OCH3 is 1. The molecule has 0 atom stereocenters. The predicted octanol–water partition coefficient (Wildman–Crippen LogP) is 4.08. The van der Waals surface area contributed by atoms with Gasteiger partial charge in [-0.3, -0.25) is 5.43 Å². The lowest BCUT2D eigenvalue weighted by Crippen LogP contribution is -2.02. The van der Waals surface area contributed by atoms with Crippen molar-refractivity contribution in [1.29, 1.82) is 0 Å². The summed E-state index contributed by atoms with van der Waals surface area (Å²) < 4.78 is 10.4. The van der Waals surface area contributed by atoms with Gasteiger partial charge in [0.25, 0.3) is 0 Å². The highest BCUT2D eigenvalue weighted by atomic mass is 32.1. The van der Waals surface area contributed by atoms with Crippen molar-refractivity contribution in [1.82, 2.24) is 4.98 Å². The molecule has 0 fully saturated rings. The second-order valence-corrected chi connectivity index (χ2v) is 6.68. The molecule has 2 aromatic heterocycles. The Kier molecular flexibility index (Phi) is 4.77. The summed E-state index contributed by atoms with van der Waals surface area (Å²) in [6, 6.07) is 14.0. The van der Waals surface area contributed by atoms with E-state index in [-0.39, 0.29) is 5.75 Å². The number of rotatable bonds is 5. The minimum absolute atomic E-state index is 0.0542. The van der Waals surface area contributed by atoms with Crippen LogP contribution in [0.15, 0.2) is 68.2 Å². The van der Waals surface area contributed by atoms with Crippen LogP contribution in [-0.2, 0) is 0 Å². The lowest BCUT2D eigenvalue weighted by Gasteiger charge is -2.02. The van der Waals surface area contributed by atoms with E-state index in [4.69, 9.17) is 9.15 Å². The maximum absolute atomic E-state index is 12.2. The summed E-state index contributed by atoms with van der Waals surface area (Å²) >= 11 is 1.30. The van der Waals surface area contributed by atoms with Crippen molar-refractivity contribution < 1.29 is 14.3 Å². The summed E-state index contributed by atoms with van der Waals surface area (Å²) in [5, 5.41) is 17.1. The number of anilines is 1. The third-order valence-electron chi connectivity index (χ3n) is 4.02. The van der Waals surface area contributed by atoms with E-state index >= 15 is 0 Å². The molecule has 0 saturated carbocycles. The molecule has 0 bridgehead atoms. The normalized spacial score (nSPS) is 11.2. The molecule has 8 heteroatoms. The van der Waals surface area contributed by atoms with E-state index in [0.717, 1.165) is 5.39 Å². The quantitative estimate of drug-likeness (QED) is 0.301. The van der Waals surface area contributed by atoms with Crippen LogP contribution in [0.2, 0.25) is 0 Å². The van der Waals surface area contributed by atoms with Gasteiger partial charge < -0.3 is 14.3 Å². The number of nitrogens with one attached hydrogen (secondary N) is 1. The maximum Gasteiger partial charge on any atom is 0.345 e. The third kappa shape index (κ3) is 3.58. The van der Waals surface area contributed by atoms with E-state index in [9.17, 15) is 9.90 Å². The number of phenolic OH excluding ortho intramolecular Hbond substituents is 1. The number of benzene rings is 2. The van der Waals surface area contributed by atoms with Crippen LogP contribution >= 0.6 is 11.3 Å². The van der Waals surface area contributed by atoms with Crippen molar-refractivity contribution in [2.24, 2.45) is 5.10 Å². The average Bonchev–Trinajstić information content (AvgIpc) is 3.17. The van der Waals surface area contributed by atoms with Crippen molar-refractivity contribution >= 4 is 33.7 Å². The second-order valence-electron chi connectivity index (χ2n) is 5.82. The summed E-state index contributed by atoms with van der Waals surface area (Å²) in [6.45, 7) is 0. The number of nitrogens with zero attached hydrogens (tertiary/aromatic N) is 2. The molecule has 0 aliphatic heterocycles. The molecule has 0 saturated heterocycles. The molecule has 0 radical (unpaired) electrons. The van der Waals surface area contributed by atoms with Gasteiger partial charge in [0.05, 0.1) is 24.6 Å². The molecule has 2 N–H and O–H groups in total. The molecule has 2 heterocycles. The maximum atomic E-state index is 12.2. The molecule has 4 rings (SSSR count). The number of hydrogen-bond acceptors (Lipinski definition) is 8. The first-order valence-electron chi connectivity index (χ1n) is 8.29. The van der Waals surface area contributed by atoms with Gasteiger partial charge in [-0.15, -0.1) is 11.3 Å². The van der Waals surface area contributed by atoms with E-state index in [1.54, 1.807) is 29.6 Å². The van der Waals surface area contributed by atoms with Crippen molar-refractivity contribution in [3.05, 3.63) is 69.9 Å². The molecule has 0 unspecified atom stereocenters. The highest BCUT2D eigenvalue weighted by molar-refractivity contribution is 7.14. The lowest BCUT2D eigenvalue weighted by atomic mass is 10.1. The minimum Gasteiger partial charge on any atom is -0.507 e. The standard InChI is InChI=1S/C20H15N3O4S/c1-26-14-7-6-13(17(24)9-14)10-21-23-20-22-16(11-28-20)15-8-12-4-2-3-5-18(12)27-19(15)25/h2-11,24H,1H3,(H,22,23)/b21-10+. The van der Waals surface area contributed by atoms with Crippen molar-refractivity contribution in [2.75, 3.05) is 12.5 Å². The van der Waals surface area contributed by atoms with Gasteiger partial charge in [-0.2, -0.15) is 5.10 Å². The molecule has 0 aliphatic carbocycles. The molecule has 4 aromatic rings. The summed E-state index contributed by atoms with van der Waals surface area (Å²) in [6.07, 6.45) is 1.47. The largest absolute Gasteiger partial charge is 0.507 e. The molecule has 0 aliphatic rings.